The van der Waals surface area contributed by atoms with E-state index >= 15 is 0 Å². The second-order valence-corrected chi connectivity index (χ2v) is 4.90. The van der Waals surface area contributed by atoms with Crippen LogP contribution in [0.15, 0.2) is 22.7 Å². The molecule has 20 heavy (non-hydrogen) atoms. The summed E-state index contributed by atoms with van der Waals surface area (Å²) in [7, 11) is 2.72. The van der Waals surface area contributed by atoms with Gasteiger partial charge in [-0.25, -0.2) is 9.37 Å². The Labute approximate surface area is 120 Å². The van der Waals surface area contributed by atoms with Crippen molar-refractivity contribution in [1.82, 2.24) is 4.98 Å². The third kappa shape index (κ3) is 2.71. The van der Waals surface area contributed by atoms with E-state index in [9.17, 15) is 17.6 Å². The van der Waals surface area contributed by atoms with E-state index in [0.717, 1.165) is 17.2 Å². The molecule has 0 bridgehead atoms. The molecule has 8 heteroatoms. The highest BCUT2D eigenvalue weighted by Crippen LogP contribution is 2.36. The molecule has 1 heterocycles. The van der Waals surface area contributed by atoms with Crippen LogP contribution < -0.4 is 5.06 Å². The molecule has 0 fully saturated rings. The molecule has 2 aromatic rings. The molecular formula is C12H9BrF4N2O. The number of hydrogen-bond donors (Lipinski definition) is 0. The Morgan fingerprint density at radius 1 is 1.25 bits per heavy atom. The lowest BCUT2D eigenvalue weighted by molar-refractivity contribution is -0.140. The van der Waals surface area contributed by atoms with E-state index in [1.54, 1.807) is 0 Å². The Morgan fingerprint density at radius 3 is 2.45 bits per heavy atom. The summed E-state index contributed by atoms with van der Waals surface area (Å²) in [5.74, 6) is -0.841. The van der Waals surface area contributed by atoms with Gasteiger partial charge < -0.3 is 0 Å². The van der Waals surface area contributed by atoms with Gasteiger partial charge in [0.25, 0.3) is 0 Å². The van der Waals surface area contributed by atoms with Gasteiger partial charge in [0.2, 0.25) is 0 Å². The molecular weight excluding hydrogens is 344 g/mol. The summed E-state index contributed by atoms with van der Waals surface area (Å²) < 4.78 is 52.7. The van der Waals surface area contributed by atoms with Gasteiger partial charge in [0.15, 0.2) is 5.82 Å². The molecule has 0 aliphatic carbocycles. The zero-order chi connectivity index (χ0) is 15.1. The van der Waals surface area contributed by atoms with E-state index in [4.69, 9.17) is 4.84 Å². The van der Waals surface area contributed by atoms with Crippen LogP contribution in [0.1, 0.15) is 5.69 Å². The lowest BCUT2D eigenvalue weighted by atomic mass is 10.1. The number of rotatable bonds is 2. The second kappa shape index (κ2) is 5.17. The highest BCUT2D eigenvalue weighted by atomic mass is 79.9. The fourth-order valence-corrected chi connectivity index (χ4v) is 2.17. The van der Waals surface area contributed by atoms with Gasteiger partial charge in [0, 0.05) is 16.9 Å². The van der Waals surface area contributed by atoms with Crippen molar-refractivity contribution in [1.29, 1.82) is 0 Å². The van der Waals surface area contributed by atoms with Crippen molar-refractivity contribution >= 4 is 32.5 Å². The number of benzene rings is 1. The first kappa shape index (κ1) is 15.0. The van der Waals surface area contributed by atoms with Crippen molar-refractivity contribution in [2.24, 2.45) is 0 Å². The van der Waals surface area contributed by atoms with E-state index < -0.39 is 17.7 Å². The third-order valence-electron chi connectivity index (χ3n) is 2.71. The molecule has 0 unspecified atom stereocenters. The first-order chi connectivity index (χ1) is 9.24. The van der Waals surface area contributed by atoms with Crippen molar-refractivity contribution in [2.45, 2.75) is 6.18 Å². The molecule has 0 aliphatic heterocycles. The highest BCUT2D eigenvalue weighted by Gasteiger charge is 2.34. The summed E-state index contributed by atoms with van der Waals surface area (Å²) in [5.41, 5.74) is -1.46. The molecule has 1 aromatic carbocycles. The van der Waals surface area contributed by atoms with Gasteiger partial charge in [-0.3, -0.25) is 9.90 Å². The minimum atomic E-state index is -4.67. The maximum Gasteiger partial charge on any atom is 0.433 e. The number of pyridine rings is 1. The maximum absolute atomic E-state index is 13.8. The topological polar surface area (TPSA) is 25.4 Å². The van der Waals surface area contributed by atoms with E-state index in [-0.39, 0.29) is 16.6 Å². The van der Waals surface area contributed by atoms with Gasteiger partial charge in [-0.05, 0) is 18.2 Å². The molecule has 0 atom stereocenters. The number of nitrogens with zero attached hydrogens (tertiary/aromatic N) is 2. The van der Waals surface area contributed by atoms with Crippen molar-refractivity contribution in [2.75, 3.05) is 19.2 Å². The van der Waals surface area contributed by atoms with E-state index in [0.29, 0.717) is 4.47 Å². The maximum atomic E-state index is 13.8. The number of hydrogen-bond acceptors (Lipinski definition) is 3. The van der Waals surface area contributed by atoms with Crippen molar-refractivity contribution in [3.63, 3.8) is 0 Å². The molecule has 1 aromatic heterocycles. The Balaban J connectivity index is 2.85. The van der Waals surface area contributed by atoms with Gasteiger partial charge in [-0.15, -0.1) is 0 Å². The number of anilines is 1. The zero-order valence-corrected chi connectivity index (χ0v) is 12.0. The fraction of sp³-hybridized carbons (Fsp3) is 0.250. The van der Waals surface area contributed by atoms with E-state index in [2.05, 4.69) is 20.9 Å². The number of fused-ring (bicyclic) bond motifs is 1. The quantitative estimate of drug-likeness (QED) is 0.599. The number of halogens is 5. The van der Waals surface area contributed by atoms with Gasteiger partial charge in [0.1, 0.15) is 11.2 Å². The number of alkyl halides is 3. The predicted octanol–water partition coefficient (Wildman–Crippen LogP) is 4.15. The minimum absolute atomic E-state index is 0.0741. The molecule has 108 valence electrons. The van der Waals surface area contributed by atoms with Gasteiger partial charge in [0.05, 0.1) is 12.8 Å². The molecule has 3 nitrogen and oxygen atoms in total. The summed E-state index contributed by atoms with van der Waals surface area (Å²) >= 11 is 3.10. The van der Waals surface area contributed by atoms with Crippen LogP contribution in [0.2, 0.25) is 0 Å². The van der Waals surface area contributed by atoms with Crippen LogP contribution in [0.25, 0.3) is 10.9 Å². The van der Waals surface area contributed by atoms with Crippen LogP contribution in [0.3, 0.4) is 0 Å². The molecule has 0 saturated carbocycles. The molecule has 0 spiro atoms. The Hall–Kier alpha value is -1.41. The molecule has 0 N–H and O–H groups in total. The fourth-order valence-electron chi connectivity index (χ4n) is 1.74. The number of aromatic nitrogens is 1. The summed E-state index contributed by atoms with van der Waals surface area (Å²) in [5, 5.41) is 1.33. The molecule has 0 radical (unpaired) electrons. The highest BCUT2D eigenvalue weighted by molar-refractivity contribution is 9.10. The second-order valence-electron chi connectivity index (χ2n) is 3.99. The molecule has 0 amide bonds. The summed E-state index contributed by atoms with van der Waals surface area (Å²) in [4.78, 5) is 8.25. The standard InChI is InChI=1S/C12H9BrF4N2O/c1-19(20-2)9-5-10(12(15,16)17)18-11-7(9)3-6(13)4-8(11)14/h3-5H,1-2H3. The normalized spacial score (nSPS) is 11.9. The van der Waals surface area contributed by atoms with Gasteiger partial charge in [-0.1, -0.05) is 15.9 Å². The van der Waals surface area contributed by atoms with Crippen LogP contribution in [0.4, 0.5) is 23.2 Å². The van der Waals surface area contributed by atoms with E-state index in [1.165, 1.54) is 20.2 Å². The smallest absolute Gasteiger partial charge is 0.277 e. The van der Waals surface area contributed by atoms with Crippen LogP contribution in [0, 0.1) is 5.82 Å². The van der Waals surface area contributed by atoms with Crippen molar-refractivity contribution in [3.05, 3.63) is 34.2 Å². The lowest BCUT2D eigenvalue weighted by Crippen LogP contribution is -2.17. The largest absolute Gasteiger partial charge is 0.433 e. The summed E-state index contributed by atoms with van der Waals surface area (Å²) in [6, 6.07) is 3.36. The first-order valence-corrected chi connectivity index (χ1v) is 6.18. The SMILES string of the molecule is CON(C)c1cc(C(F)(F)F)nc2c(F)cc(Br)cc12. The Morgan fingerprint density at radius 2 is 1.90 bits per heavy atom. The van der Waals surface area contributed by atoms with E-state index in [1.807, 2.05) is 0 Å². The van der Waals surface area contributed by atoms with Gasteiger partial charge in [-0.2, -0.15) is 13.2 Å². The van der Waals surface area contributed by atoms with Crippen LogP contribution in [-0.2, 0) is 11.0 Å². The average molecular weight is 353 g/mol. The predicted molar refractivity (Wildman–Crippen MR) is 69.8 cm³/mol. The van der Waals surface area contributed by atoms with Crippen molar-refractivity contribution < 1.29 is 22.4 Å². The van der Waals surface area contributed by atoms with Crippen LogP contribution in [0.5, 0.6) is 0 Å². The summed E-state index contributed by atoms with van der Waals surface area (Å²) in [6.07, 6.45) is -4.67. The zero-order valence-electron chi connectivity index (χ0n) is 10.4. The average Bonchev–Trinajstić information content (AvgIpc) is 2.35. The molecule has 0 saturated heterocycles. The minimum Gasteiger partial charge on any atom is -0.277 e. The lowest BCUT2D eigenvalue weighted by Gasteiger charge is -2.20. The van der Waals surface area contributed by atoms with Crippen molar-refractivity contribution in [3.8, 4) is 0 Å². The monoisotopic (exact) mass is 352 g/mol. The Bertz CT molecular complexity index is 660. The first-order valence-electron chi connectivity index (χ1n) is 5.39. The van der Waals surface area contributed by atoms with Crippen LogP contribution >= 0.6 is 15.9 Å². The molecule has 2 rings (SSSR count). The summed E-state index contributed by atoms with van der Waals surface area (Å²) in [6.45, 7) is 0. The van der Waals surface area contributed by atoms with Gasteiger partial charge >= 0.3 is 6.18 Å². The molecule has 0 aliphatic rings. The third-order valence-corrected chi connectivity index (χ3v) is 3.17. The van der Waals surface area contributed by atoms with Crippen LogP contribution in [-0.4, -0.2) is 19.1 Å². The Kier molecular flexibility index (Phi) is 3.88. The number of hydroxylamine groups is 1.